The van der Waals surface area contributed by atoms with Crippen LogP contribution >= 0.6 is 0 Å². The summed E-state index contributed by atoms with van der Waals surface area (Å²) in [6.45, 7) is 2.98. The maximum absolute atomic E-state index is 5.81. The van der Waals surface area contributed by atoms with Gasteiger partial charge in [-0.1, -0.05) is 18.2 Å². The Morgan fingerprint density at radius 3 is 3.00 bits per heavy atom. The van der Waals surface area contributed by atoms with Gasteiger partial charge in [-0.15, -0.1) is 0 Å². The van der Waals surface area contributed by atoms with Crippen LogP contribution in [0.2, 0.25) is 0 Å². The van der Waals surface area contributed by atoms with E-state index in [-0.39, 0.29) is 0 Å². The maximum Gasteiger partial charge on any atom is 0.0665 e. The van der Waals surface area contributed by atoms with Gasteiger partial charge in [0.2, 0.25) is 0 Å². The van der Waals surface area contributed by atoms with Crippen molar-refractivity contribution in [2.45, 2.75) is 31.8 Å². The third kappa shape index (κ3) is 1.67. The van der Waals surface area contributed by atoms with E-state index >= 15 is 0 Å². The number of benzene rings is 1. The van der Waals surface area contributed by atoms with Crippen molar-refractivity contribution in [2.24, 2.45) is 4.99 Å². The van der Waals surface area contributed by atoms with Gasteiger partial charge in [-0.05, 0) is 31.4 Å². The average molecular weight is 214 g/mol. The van der Waals surface area contributed by atoms with Gasteiger partial charge in [-0.3, -0.25) is 4.99 Å². The molecule has 0 N–H and O–H groups in total. The number of aliphatic imine (C=N–C) groups is 1. The van der Waals surface area contributed by atoms with Crippen molar-refractivity contribution in [2.75, 3.05) is 6.61 Å². The molecule has 1 saturated heterocycles. The van der Waals surface area contributed by atoms with E-state index in [1.807, 2.05) is 6.07 Å². The third-order valence-electron chi connectivity index (χ3n) is 3.38. The van der Waals surface area contributed by atoms with Crippen molar-refractivity contribution in [1.82, 2.24) is 0 Å². The molecule has 16 heavy (non-hydrogen) atoms. The first-order valence-corrected chi connectivity index (χ1v) is 5.95. The molecule has 3 rings (SSSR count). The van der Waals surface area contributed by atoms with Crippen LogP contribution in [-0.2, 0) is 4.74 Å². The summed E-state index contributed by atoms with van der Waals surface area (Å²) in [6, 6.07) is 8.40. The Hall–Kier alpha value is -1.15. The summed E-state index contributed by atoms with van der Waals surface area (Å²) < 4.78 is 5.81. The van der Waals surface area contributed by atoms with Crippen LogP contribution in [0.25, 0.3) is 0 Å². The summed E-state index contributed by atoms with van der Waals surface area (Å²) in [7, 11) is 0. The number of nitrogens with zero attached hydrogens (tertiary/aromatic N) is 1. The van der Waals surface area contributed by atoms with Crippen molar-refractivity contribution in [3.63, 3.8) is 0 Å². The topological polar surface area (TPSA) is 21.6 Å². The van der Waals surface area contributed by atoms with Crippen LogP contribution in [0.1, 0.15) is 31.2 Å². The maximum atomic E-state index is 5.81. The Morgan fingerprint density at radius 2 is 2.19 bits per heavy atom. The van der Waals surface area contributed by atoms with E-state index in [1.54, 1.807) is 0 Å². The van der Waals surface area contributed by atoms with Gasteiger partial charge in [0.05, 0.1) is 11.8 Å². The quantitative estimate of drug-likeness (QED) is 0.703. The SMILES string of the molecule is CC1=Nc2ccccc2C(C2CCCO2)[CH]1. The third-order valence-corrected chi connectivity index (χ3v) is 3.38. The lowest BCUT2D eigenvalue weighted by Crippen LogP contribution is -2.23. The summed E-state index contributed by atoms with van der Waals surface area (Å²) in [5, 5.41) is 0. The Morgan fingerprint density at radius 1 is 1.31 bits per heavy atom. The molecule has 0 saturated carbocycles. The minimum absolute atomic E-state index is 0.353. The summed E-state index contributed by atoms with van der Waals surface area (Å²) in [5.41, 5.74) is 3.54. The number of hydrogen-bond acceptors (Lipinski definition) is 2. The summed E-state index contributed by atoms with van der Waals surface area (Å²) in [5.74, 6) is 0.399. The lowest BCUT2D eigenvalue weighted by molar-refractivity contribution is 0.0976. The monoisotopic (exact) mass is 214 g/mol. The second-order valence-corrected chi connectivity index (χ2v) is 4.56. The normalized spacial score (nSPS) is 28.7. The molecule has 2 nitrogen and oxygen atoms in total. The van der Waals surface area contributed by atoms with Gasteiger partial charge in [-0.25, -0.2) is 0 Å². The number of ether oxygens (including phenoxy) is 1. The minimum Gasteiger partial charge on any atom is -0.378 e. The molecule has 1 fully saturated rings. The number of rotatable bonds is 1. The Kier molecular flexibility index (Phi) is 2.52. The van der Waals surface area contributed by atoms with E-state index in [0.29, 0.717) is 12.0 Å². The van der Waals surface area contributed by atoms with E-state index in [9.17, 15) is 0 Å². The van der Waals surface area contributed by atoms with Crippen molar-refractivity contribution in [3.05, 3.63) is 36.2 Å². The first-order chi connectivity index (χ1) is 7.84. The highest BCUT2D eigenvalue weighted by Crippen LogP contribution is 2.39. The van der Waals surface area contributed by atoms with Crippen LogP contribution in [0.4, 0.5) is 5.69 Å². The fraction of sp³-hybridized carbons (Fsp3) is 0.429. The largest absolute Gasteiger partial charge is 0.378 e. The van der Waals surface area contributed by atoms with Crippen LogP contribution in [0, 0.1) is 6.42 Å². The van der Waals surface area contributed by atoms with Crippen molar-refractivity contribution in [1.29, 1.82) is 0 Å². The predicted octanol–water partition coefficient (Wildman–Crippen LogP) is 3.26. The average Bonchev–Trinajstić information content (AvgIpc) is 2.81. The van der Waals surface area contributed by atoms with E-state index in [4.69, 9.17) is 4.74 Å². The van der Waals surface area contributed by atoms with E-state index in [2.05, 4.69) is 36.5 Å². The van der Waals surface area contributed by atoms with Crippen LogP contribution < -0.4 is 0 Å². The first-order valence-electron chi connectivity index (χ1n) is 5.95. The van der Waals surface area contributed by atoms with E-state index in [1.165, 1.54) is 18.4 Å². The zero-order valence-corrected chi connectivity index (χ0v) is 9.52. The van der Waals surface area contributed by atoms with Crippen molar-refractivity contribution < 1.29 is 4.74 Å². The molecule has 0 bridgehead atoms. The molecule has 2 atom stereocenters. The van der Waals surface area contributed by atoms with Crippen LogP contribution in [0.5, 0.6) is 0 Å². The van der Waals surface area contributed by atoms with Gasteiger partial charge in [-0.2, -0.15) is 0 Å². The van der Waals surface area contributed by atoms with Crippen LogP contribution in [0.3, 0.4) is 0 Å². The van der Waals surface area contributed by atoms with E-state index in [0.717, 1.165) is 18.0 Å². The zero-order chi connectivity index (χ0) is 11.0. The van der Waals surface area contributed by atoms with Gasteiger partial charge in [0.1, 0.15) is 0 Å². The highest BCUT2D eigenvalue weighted by Gasteiger charge is 2.31. The summed E-state index contributed by atoms with van der Waals surface area (Å²) in [4.78, 5) is 4.57. The molecule has 2 aliphatic heterocycles. The fourth-order valence-corrected chi connectivity index (χ4v) is 2.64. The van der Waals surface area contributed by atoms with Gasteiger partial charge < -0.3 is 4.74 Å². The zero-order valence-electron chi connectivity index (χ0n) is 9.52. The van der Waals surface area contributed by atoms with Gasteiger partial charge in [0.25, 0.3) is 0 Å². The number of fused-ring (bicyclic) bond motifs is 1. The molecule has 1 aromatic carbocycles. The van der Waals surface area contributed by atoms with Gasteiger partial charge >= 0.3 is 0 Å². The summed E-state index contributed by atoms with van der Waals surface area (Å²) in [6.07, 6.45) is 4.96. The molecule has 0 spiro atoms. The molecule has 2 aliphatic rings. The molecule has 2 heterocycles. The lowest BCUT2D eigenvalue weighted by Gasteiger charge is -2.27. The molecular weight excluding hydrogens is 198 g/mol. The van der Waals surface area contributed by atoms with Crippen LogP contribution in [0.15, 0.2) is 29.3 Å². The lowest BCUT2D eigenvalue weighted by atomic mass is 9.84. The second-order valence-electron chi connectivity index (χ2n) is 4.56. The van der Waals surface area contributed by atoms with Gasteiger partial charge in [0.15, 0.2) is 0 Å². The number of hydrogen-bond donors (Lipinski definition) is 0. The van der Waals surface area contributed by atoms with Gasteiger partial charge in [0, 0.05) is 24.7 Å². The molecule has 1 radical (unpaired) electrons. The first kappa shape index (κ1) is 10.0. The standard InChI is InChI=1S/C14H16NO/c1-10-9-12(14-7-4-8-16-14)11-5-2-3-6-13(11)15-10/h2-3,5-6,9,12,14H,4,7-8H2,1H3. The van der Waals surface area contributed by atoms with Crippen molar-refractivity contribution >= 4 is 11.4 Å². The highest BCUT2D eigenvalue weighted by molar-refractivity contribution is 5.95. The molecule has 2 unspecified atom stereocenters. The summed E-state index contributed by atoms with van der Waals surface area (Å²) >= 11 is 0. The Labute approximate surface area is 96.3 Å². The molecule has 0 amide bonds. The number of para-hydroxylation sites is 1. The minimum atomic E-state index is 0.353. The molecule has 1 aromatic rings. The van der Waals surface area contributed by atoms with Crippen molar-refractivity contribution in [3.8, 4) is 0 Å². The molecule has 0 aliphatic carbocycles. The highest BCUT2D eigenvalue weighted by atomic mass is 16.5. The van der Waals surface area contributed by atoms with Crippen LogP contribution in [-0.4, -0.2) is 18.4 Å². The predicted molar refractivity (Wildman–Crippen MR) is 65.2 cm³/mol. The fourth-order valence-electron chi connectivity index (χ4n) is 2.64. The molecular formula is C14H16NO. The second kappa shape index (κ2) is 4.02. The molecule has 83 valence electrons. The smallest absolute Gasteiger partial charge is 0.0665 e. The Balaban J connectivity index is 1.98. The molecule has 0 aromatic heterocycles. The Bertz CT molecular complexity index is 418. The molecule has 2 heteroatoms. The van der Waals surface area contributed by atoms with E-state index < -0.39 is 0 Å².